The summed E-state index contributed by atoms with van der Waals surface area (Å²) in [5.74, 6) is -0.399. The van der Waals surface area contributed by atoms with Crippen LogP contribution >= 0.6 is 0 Å². The van der Waals surface area contributed by atoms with Gasteiger partial charge in [-0.1, -0.05) is 6.92 Å². The highest BCUT2D eigenvalue weighted by Crippen LogP contribution is 2.13. The van der Waals surface area contributed by atoms with Gasteiger partial charge in [-0.15, -0.1) is 0 Å². The second-order valence-corrected chi connectivity index (χ2v) is 4.03. The first-order chi connectivity index (χ1) is 9.20. The third kappa shape index (κ3) is 3.31. The average molecular weight is 261 g/mol. The predicted molar refractivity (Wildman–Crippen MR) is 68.0 cm³/mol. The van der Waals surface area contributed by atoms with Gasteiger partial charge in [0.2, 0.25) is 0 Å². The minimum Gasteiger partial charge on any atom is -0.484 e. The molecule has 19 heavy (non-hydrogen) atoms. The molecular weight excluding hydrogens is 246 g/mol. The molecule has 1 N–H and O–H groups in total. The highest BCUT2D eigenvalue weighted by Gasteiger charge is 2.11. The first kappa shape index (κ1) is 13.1. The fraction of sp³-hybridized carbons (Fsp3) is 0.308. The quantitative estimate of drug-likeness (QED) is 0.860. The molecular formula is C13H15N3O3. The van der Waals surface area contributed by atoms with Gasteiger partial charge in [0.15, 0.2) is 5.75 Å². The summed E-state index contributed by atoms with van der Waals surface area (Å²) in [6, 6.07) is 3.10. The maximum atomic E-state index is 11.0. The summed E-state index contributed by atoms with van der Waals surface area (Å²) in [7, 11) is 0. The van der Waals surface area contributed by atoms with E-state index in [-0.39, 0.29) is 12.2 Å². The number of hydrogen-bond acceptors (Lipinski definition) is 4. The summed E-state index contributed by atoms with van der Waals surface area (Å²) in [5.41, 5.74) is 0.557. The summed E-state index contributed by atoms with van der Waals surface area (Å²) in [4.78, 5) is 15.0. The summed E-state index contributed by atoms with van der Waals surface area (Å²) in [5, 5.41) is 13.2. The van der Waals surface area contributed by atoms with Gasteiger partial charge < -0.3 is 9.84 Å². The Morgan fingerprint density at radius 3 is 3.11 bits per heavy atom. The lowest BCUT2D eigenvalue weighted by atomic mass is 10.2. The van der Waals surface area contributed by atoms with Crippen molar-refractivity contribution in [2.24, 2.45) is 0 Å². The Hall–Kier alpha value is -2.37. The highest BCUT2D eigenvalue weighted by molar-refractivity contribution is 5.88. The zero-order chi connectivity index (χ0) is 13.7. The van der Waals surface area contributed by atoms with Crippen molar-refractivity contribution >= 4 is 5.97 Å². The van der Waals surface area contributed by atoms with Crippen LogP contribution in [0.15, 0.2) is 30.7 Å². The van der Waals surface area contributed by atoms with Crippen LogP contribution in [0.3, 0.4) is 0 Å². The topological polar surface area (TPSA) is 77.2 Å². The van der Waals surface area contributed by atoms with Gasteiger partial charge in [-0.25, -0.2) is 4.79 Å². The van der Waals surface area contributed by atoms with E-state index in [1.54, 1.807) is 29.3 Å². The number of hydrogen-bond donors (Lipinski definition) is 1. The highest BCUT2D eigenvalue weighted by atomic mass is 16.5. The van der Waals surface area contributed by atoms with E-state index in [0.29, 0.717) is 11.4 Å². The smallest absolute Gasteiger partial charge is 0.337 e. The third-order valence-corrected chi connectivity index (χ3v) is 2.56. The molecule has 0 amide bonds. The monoisotopic (exact) mass is 261 g/mol. The molecule has 6 heteroatoms. The Balaban J connectivity index is 2.03. The number of rotatable bonds is 6. The first-order valence-corrected chi connectivity index (χ1v) is 6.03. The minimum absolute atomic E-state index is 0.111. The van der Waals surface area contributed by atoms with Crippen LogP contribution < -0.4 is 4.74 Å². The Morgan fingerprint density at radius 2 is 2.37 bits per heavy atom. The lowest BCUT2D eigenvalue weighted by molar-refractivity contribution is 0.0693. The minimum atomic E-state index is -1.01. The van der Waals surface area contributed by atoms with Gasteiger partial charge >= 0.3 is 5.97 Å². The summed E-state index contributed by atoms with van der Waals surface area (Å²) >= 11 is 0. The number of carboxylic acids is 1. The summed E-state index contributed by atoms with van der Waals surface area (Å²) in [6.45, 7) is 3.00. The lowest BCUT2D eigenvalue weighted by Crippen LogP contribution is -2.07. The molecule has 100 valence electrons. The maximum Gasteiger partial charge on any atom is 0.337 e. The van der Waals surface area contributed by atoms with Gasteiger partial charge in [0.05, 0.1) is 23.7 Å². The SMILES string of the molecule is CCCn1cc(OCc2ncccc2C(=O)O)cn1. The first-order valence-electron chi connectivity index (χ1n) is 6.03. The molecule has 0 saturated heterocycles. The number of carboxylic acid groups (broad SMARTS) is 1. The molecule has 0 radical (unpaired) electrons. The Kier molecular flexibility index (Phi) is 4.12. The molecule has 0 saturated carbocycles. The molecule has 0 aliphatic heterocycles. The van der Waals surface area contributed by atoms with Crippen LogP contribution in [0.5, 0.6) is 5.75 Å². The van der Waals surface area contributed by atoms with Crippen molar-refractivity contribution in [1.29, 1.82) is 0 Å². The molecule has 0 bridgehead atoms. The van der Waals surface area contributed by atoms with Crippen LogP contribution in [0, 0.1) is 0 Å². The molecule has 0 atom stereocenters. The molecule has 0 unspecified atom stereocenters. The van der Waals surface area contributed by atoms with Crippen LogP contribution in [0.1, 0.15) is 29.4 Å². The van der Waals surface area contributed by atoms with Crippen molar-refractivity contribution in [3.8, 4) is 5.75 Å². The Morgan fingerprint density at radius 1 is 1.53 bits per heavy atom. The number of aromatic nitrogens is 3. The van der Waals surface area contributed by atoms with Crippen LogP contribution in [0.25, 0.3) is 0 Å². The van der Waals surface area contributed by atoms with E-state index >= 15 is 0 Å². The van der Waals surface area contributed by atoms with E-state index in [4.69, 9.17) is 9.84 Å². The van der Waals surface area contributed by atoms with E-state index < -0.39 is 5.97 Å². The fourth-order valence-corrected chi connectivity index (χ4v) is 1.67. The van der Waals surface area contributed by atoms with Gasteiger partial charge in [0.25, 0.3) is 0 Å². The van der Waals surface area contributed by atoms with E-state index in [1.807, 2.05) is 0 Å². The molecule has 0 aliphatic carbocycles. The largest absolute Gasteiger partial charge is 0.484 e. The molecule has 0 spiro atoms. The molecule has 2 aromatic heterocycles. The number of aromatic carboxylic acids is 1. The molecule has 6 nitrogen and oxygen atoms in total. The molecule has 2 heterocycles. The molecule has 0 aliphatic rings. The summed E-state index contributed by atoms with van der Waals surface area (Å²) < 4.78 is 7.28. The van der Waals surface area contributed by atoms with E-state index in [9.17, 15) is 4.79 Å². The second-order valence-electron chi connectivity index (χ2n) is 4.03. The van der Waals surface area contributed by atoms with Crippen LogP contribution in [0.2, 0.25) is 0 Å². The average Bonchev–Trinajstić information content (AvgIpc) is 2.85. The van der Waals surface area contributed by atoms with Crippen LogP contribution in [0.4, 0.5) is 0 Å². The number of aryl methyl sites for hydroxylation is 1. The Labute approximate surface area is 110 Å². The molecule has 0 fully saturated rings. The normalized spacial score (nSPS) is 10.4. The van der Waals surface area contributed by atoms with E-state index in [1.165, 1.54) is 6.07 Å². The van der Waals surface area contributed by atoms with Gasteiger partial charge in [0, 0.05) is 12.7 Å². The number of pyridine rings is 1. The van der Waals surface area contributed by atoms with Crippen molar-refractivity contribution in [3.63, 3.8) is 0 Å². The number of carbonyl (C=O) groups is 1. The van der Waals surface area contributed by atoms with Gasteiger partial charge in [-0.3, -0.25) is 9.67 Å². The zero-order valence-corrected chi connectivity index (χ0v) is 10.6. The molecule has 2 rings (SSSR count). The summed E-state index contributed by atoms with van der Waals surface area (Å²) in [6.07, 6.45) is 5.93. The van der Waals surface area contributed by atoms with Crippen LogP contribution in [-0.2, 0) is 13.2 Å². The second kappa shape index (κ2) is 5.99. The molecule has 2 aromatic rings. The lowest BCUT2D eigenvalue weighted by Gasteiger charge is -2.05. The van der Waals surface area contributed by atoms with E-state index in [0.717, 1.165) is 13.0 Å². The van der Waals surface area contributed by atoms with Crippen molar-refractivity contribution < 1.29 is 14.6 Å². The van der Waals surface area contributed by atoms with Gasteiger partial charge in [0.1, 0.15) is 6.61 Å². The standard InChI is InChI=1S/C13H15N3O3/c1-2-6-16-8-10(7-15-16)19-9-12-11(13(17)18)4-3-5-14-12/h3-5,7-8H,2,6,9H2,1H3,(H,17,18). The predicted octanol–water partition coefficient (Wildman–Crippen LogP) is 1.97. The van der Waals surface area contributed by atoms with Crippen molar-refractivity contribution in [3.05, 3.63) is 42.0 Å². The van der Waals surface area contributed by atoms with E-state index in [2.05, 4.69) is 17.0 Å². The van der Waals surface area contributed by atoms with Crippen molar-refractivity contribution in [2.75, 3.05) is 0 Å². The Bertz CT molecular complexity index is 566. The van der Waals surface area contributed by atoms with Gasteiger partial charge in [-0.05, 0) is 18.6 Å². The molecule has 0 aromatic carbocycles. The fourth-order valence-electron chi connectivity index (χ4n) is 1.67. The zero-order valence-electron chi connectivity index (χ0n) is 10.6. The number of ether oxygens (including phenoxy) is 1. The van der Waals surface area contributed by atoms with Crippen molar-refractivity contribution in [1.82, 2.24) is 14.8 Å². The maximum absolute atomic E-state index is 11.0. The van der Waals surface area contributed by atoms with Crippen LogP contribution in [-0.4, -0.2) is 25.8 Å². The van der Waals surface area contributed by atoms with Gasteiger partial charge in [-0.2, -0.15) is 5.10 Å². The number of nitrogens with zero attached hydrogens (tertiary/aromatic N) is 3. The van der Waals surface area contributed by atoms with Crippen molar-refractivity contribution in [2.45, 2.75) is 26.5 Å². The third-order valence-electron chi connectivity index (χ3n) is 2.56.